The summed E-state index contributed by atoms with van der Waals surface area (Å²) in [6.07, 6.45) is 2.84. The van der Waals surface area contributed by atoms with Gasteiger partial charge >= 0.3 is 0 Å². The molecule has 1 aromatic carbocycles. The first-order valence-corrected chi connectivity index (χ1v) is 6.41. The van der Waals surface area contributed by atoms with E-state index in [9.17, 15) is 9.18 Å². The number of hydrogen-bond donors (Lipinski definition) is 1. The number of carbonyl (C=O) groups is 1. The van der Waals surface area contributed by atoms with Crippen LogP contribution in [0, 0.1) is 11.7 Å². The minimum atomic E-state index is -0.178. The van der Waals surface area contributed by atoms with Crippen molar-refractivity contribution in [1.29, 1.82) is 0 Å². The van der Waals surface area contributed by atoms with Crippen LogP contribution in [0.15, 0.2) is 24.3 Å². The lowest BCUT2D eigenvalue weighted by atomic mass is 9.90. The first-order valence-electron chi connectivity index (χ1n) is 6.41. The van der Waals surface area contributed by atoms with Crippen LogP contribution in [-0.4, -0.2) is 30.4 Å². The van der Waals surface area contributed by atoms with Gasteiger partial charge in [0.25, 0.3) is 0 Å². The molecule has 0 unspecified atom stereocenters. The van der Waals surface area contributed by atoms with Crippen LogP contribution < -0.4 is 5.73 Å². The summed E-state index contributed by atoms with van der Waals surface area (Å²) in [5.41, 5.74) is 6.39. The molecule has 1 amide bonds. The van der Waals surface area contributed by atoms with Crippen LogP contribution in [-0.2, 0) is 11.2 Å². The van der Waals surface area contributed by atoms with Crippen LogP contribution in [0.3, 0.4) is 0 Å². The Morgan fingerprint density at radius 2 is 2.11 bits per heavy atom. The predicted molar refractivity (Wildman–Crippen MR) is 68.5 cm³/mol. The Kier molecular flexibility index (Phi) is 4.31. The van der Waals surface area contributed by atoms with Crippen molar-refractivity contribution in [3.8, 4) is 0 Å². The molecule has 0 saturated carbocycles. The Morgan fingerprint density at radius 1 is 1.39 bits per heavy atom. The van der Waals surface area contributed by atoms with Gasteiger partial charge in [-0.15, -0.1) is 0 Å². The molecule has 1 saturated heterocycles. The third-order valence-corrected chi connectivity index (χ3v) is 3.56. The van der Waals surface area contributed by atoms with Gasteiger partial charge in [0.05, 0.1) is 6.54 Å². The maximum absolute atomic E-state index is 13.1. The smallest absolute Gasteiger partial charge is 0.236 e. The number of piperidine rings is 1. The van der Waals surface area contributed by atoms with Gasteiger partial charge in [-0.1, -0.05) is 12.1 Å². The SMILES string of the molecule is NCC(=O)N1CCC(Cc2cccc(F)c2)CC1. The van der Waals surface area contributed by atoms with E-state index in [0.717, 1.165) is 37.9 Å². The lowest BCUT2D eigenvalue weighted by Gasteiger charge is -2.31. The predicted octanol–water partition coefficient (Wildman–Crippen LogP) is 1.57. The fourth-order valence-corrected chi connectivity index (χ4v) is 2.51. The molecule has 1 aliphatic rings. The summed E-state index contributed by atoms with van der Waals surface area (Å²) >= 11 is 0. The highest BCUT2D eigenvalue weighted by molar-refractivity contribution is 5.78. The summed E-state index contributed by atoms with van der Waals surface area (Å²) in [5, 5.41) is 0. The highest BCUT2D eigenvalue weighted by atomic mass is 19.1. The van der Waals surface area contributed by atoms with Crippen molar-refractivity contribution >= 4 is 5.91 Å². The summed E-state index contributed by atoms with van der Waals surface area (Å²) in [6.45, 7) is 1.64. The molecule has 4 heteroatoms. The third kappa shape index (κ3) is 3.29. The Hall–Kier alpha value is -1.42. The topological polar surface area (TPSA) is 46.3 Å². The second-order valence-electron chi connectivity index (χ2n) is 4.86. The minimum absolute atomic E-state index is 0.0270. The van der Waals surface area contributed by atoms with Crippen molar-refractivity contribution in [3.05, 3.63) is 35.6 Å². The minimum Gasteiger partial charge on any atom is -0.342 e. The summed E-state index contributed by atoms with van der Waals surface area (Å²) in [6, 6.07) is 6.77. The van der Waals surface area contributed by atoms with Crippen molar-refractivity contribution in [2.45, 2.75) is 19.3 Å². The Labute approximate surface area is 107 Å². The molecule has 0 spiro atoms. The van der Waals surface area contributed by atoms with Gasteiger partial charge in [-0.2, -0.15) is 0 Å². The van der Waals surface area contributed by atoms with Gasteiger partial charge in [0.1, 0.15) is 5.82 Å². The van der Waals surface area contributed by atoms with Crippen LogP contribution in [0.2, 0.25) is 0 Å². The van der Waals surface area contributed by atoms with Crippen LogP contribution >= 0.6 is 0 Å². The number of hydrogen-bond acceptors (Lipinski definition) is 2. The van der Waals surface area contributed by atoms with E-state index < -0.39 is 0 Å². The zero-order valence-corrected chi connectivity index (χ0v) is 10.4. The quantitative estimate of drug-likeness (QED) is 0.885. The van der Waals surface area contributed by atoms with Gasteiger partial charge in [-0.3, -0.25) is 4.79 Å². The standard InChI is InChI=1S/C14H19FN2O/c15-13-3-1-2-12(9-13)8-11-4-6-17(7-5-11)14(18)10-16/h1-3,9,11H,4-8,10,16H2. The Balaban J connectivity index is 1.85. The molecule has 1 aliphatic heterocycles. The van der Waals surface area contributed by atoms with Gasteiger partial charge in [-0.05, 0) is 42.9 Å². The number of carbonyl (C=O) groups excluding carboxylic acids is 1. The van der Waals surface area contributed by atoms with E-state index >= 15 is 0 Å². The molecule has 1 heterocycles. The van der Waals surface area contributed by atoms with Gasteiger partial charge in [0.15, 0.2) is 0 Å². The first-order chi connectivity index (χ1) is 8.69. The van der Waals surface area contributed by atoms with Crippen molar-refractivity contribution in [1.82, 2.24) is 4.90 Å². The van der Waals surface area contributed by atoms with E-state index in [-0.39, 0.29) is 18.3 Å². The van der Waals surface area contributed by atoms with Gasteiger partial charge in [0, 0.05) is 13.1 Å². The number of nitrogens with two attached hydrogens (primary N) is 1. The highest BCUT2D eigenvalue weighted by Crippen LogP contribution is 2.21. The summed E-state index contributed by atoms with van der Waals surface area (Å²) in [4.78, 5) is 13.2. The number of likely N-dealkylation sites (tertiary alicyclic amines) is 1. The van der Waals surface area contributed by atoms with Gasteiger partial charge in [-0.25, -0.2) is 4.39 Å². The summed E-state index contributed by atoms with van der Waals surface area (Å²) in [7, 11) is 0. The number of benzene rings is 1. The molecule has 0 aromatic heterocycles. The monoisotopic (exact) mass is 250 g/mol. The molecule has 18 heavy (non-hydrogen) atoms. The third-order valence-electron chi connectivity index (χ3n) is 3.56. The molecular weight excluding hydrogens is 231 g/mol. The molecule has 0 atom stereocenters. The molecule has 1 aromatic rings. The fourth-order valence-electron chi connectivity index (χ4n) is 2.51. The lowest BCUT2D eigenvalue weighted by Crippen LogP contribution is -2.41. The van der Waals surface area contributed by atoms with E-state index in [2.05, 4.69) is 0 Å². The maximum atomic E-state index is 13.1. The van der Waals surface area contributed by atoms with Gasteiger partial charge < -0.3 is 10.6 Å². The van der Waals surface area contributed by atoms with Crippen molar-refractivity contribution in [2.24, 2.45) is 11.7 Å². The number of rotatable bonds is 3. The fraction of sp³-hybridized carbons (Fsp3) is 0.500. The summed E-state index contributed by atoms with van der Waals surface area (Å²) in [5.74, 6) is 0.385. The molecule has 2 rings (SSSR count). The molecule has 98 valence electrons. The normalized spacial score (nSPS) is 16.9. The van der Waals surface area contributed by atoms with E-state index in [1.807, 2.05) is 11.0 Å². The van der Waals surface area contributed by atoms with Crippen LogP contribution in [0.1, 0.15) is 18.4 Å². The second-order valence-corrected chi connectivity index (χ2v) is 4.86. The average Bonchev–Trinajstić information content (AvgIpc) is 2.39. The Bertz CT molecular complexity index is 414. The average molecular weight is 250 g/mol. The maximum Gasteiger partial charge on any atom is 0.236 e. The molecular formula is C14H19FN2O. The van der Waals surface area contributed by atoms with Crippen molar-refractivity contribution in [2.75, 3.05) is 19.6 Å². The zero-order chi connectivity index (χ0) is 13.0. The van der Waals surface area contributed by atoms with E-state index in [1.165, 1.54) is 6.07 Å². The molecule has 2 N–H and O–H groups in total. The van der Waals surface area contributed by atoms with Crippen molar-refractivity contribution in [3.63, 3.8) is 0 Å². The summed E-state index contributed by atoms with van der Waals surface area (Å²) < 4.78 is 13.1. The van der Waals surface area contributed by atoms with Crippen LogP contribution in [0.25, 0.3) is 0 Å². The molecule has 0 radical (unpaired) electrons. The highest BCUT2D eigenvalue weighted by Gasteiger charge is 2.21. The van der Waals surface area contributed by atoms with E-state index in [0.29, 0.717) is 5.92 Å². The van der Waals surface area contributed by atoms with Crippen LogP contribution in [0.4, 0.5) is 4.39 Å². The Morgan fingerprint density at radius 3 is 2.72 bits per heavy atom. The number of amides is 1. The molecule has 0 bridgehead atoms. The second kappa shape index (κ2) is 5.96. The molecule has 1 fully saturated rings. The molecule has 0 aliphatic carbocycles. The molecule has 3 nitrogen and oxygen atoms in total. The number of halogens is 1. The zero-order valence-electron chi connectivity index (χ0n) is 10.4. The first kappa shape index (κ1) is 13.0. The van der Waals surface area contributed by atoms with E-state index in [1.54, 1.807) is 12.1 Å². The lowest BCUT2D eigenvalue weighted by molar-refractivity contribution is -0.131. The van der Waals surface area contributed by atoms with E-state index in [4.69, 9.17) is 5.73 Å². The van der Waals surface area contributed by atoms with Crippen LogP contribution in [0.5, 0.6) is 0 Å². The largest absolute Gasteiger partial charge is 0.342 e. The van der Waals surface area contributed by atoms with Gasteiger partial charge in [0.2, 0.25) is 5.91 Å². The number of nitrogens with zero attached hydrogens (tertiary/aromatic N) is 1. The van der Waals surface area contributed by atoms with Crippen molar-refractivity contribution < 1.29 is 9.18 Å².